The van der Waals surface area contributed by atoms with Crippen molar-refractivity contribution in [2.24, 2.45) is 11.1 Å². The first-order valence-corrected chi connectivity index (χ1v) is 8.30. The fourth-order valence-electron chi connectivity index (χ4n) is 3.05. The van der Waals surface area contributed by atoms with Gasteiger partial charge in [0, 0.05) is 13.1 Å². The van der Waals surface area contributed by atoms with E-state index in [1.54, 1.807) is 24.0 Å². The van der Waals surface area contributed by atoms with E-state index in [-0.39, 0.29) is 35.2 Å². The molecule has 2 N–H and O–H groups in total. The predicted molar refractivity (Wildman–Crippen MR) is 97.7 cm³/mol. The van der Waals surface area contributed by atoms with Crippen molar-refractivity contribution in [1.82, 2.24) is 19.9 Å². The molecule has 1 aliphatic rings. The van der Waals surface area contributed by atoms with Crippen molar-refractivity contribution in [2.75, 3.05) is 19.6 Å². The Kier molecular flexibility index (Phi) is 6.38. The average Bonchev–Trinajstić information content (AvgIpc) is 3.19. The lowest BCUT2D eigenvalue weighted by Gasteiger charge is -2.22. The molecule has 0 spiro atoms. The van der Waals surface area contributed by atoms with Gasteiger partial charge in [0.05, 0.1) is 11.4 Å². The van der Waals surface area contributed by atoms with Crippen molar-refractivity contribution in [3.05, 3.63) is 35.7 Å². The van der Waals surface area contributed by atoms with Crippen LogP contribution in [0, 0.1) is 12.3 Å². The molecular weight excluding hydrogens is 380 g/mol. The van der Waals surface area contributed by atoms with E-state index < -0.39 is 6.61 Å². The molecule has 1 atom stereocenters. The monoisotopic (exact) mass is 401 g/mol. The summed E-state index contributed by atoms with van der Waals surface area (Å²) in [5, 5.41) is 8.05. The Morgan fingerprint density at radius 1 is 1.37 bits per heavy atom. The molecule has 1 aromatic carbocycles. The summed E-state index contributed by atoms with van der Waals surface area (Å²) >= 11 is 0. The van der Waals surface area contributed by atoms with Crippen LogP contribution in [0.25, 0.3) is 5.69 Å². The van der Waals surface area contributed by atoms with Crippen LogP contribution in [0.5, 0.6) is 5.75 Å². The Labute approximate surface area is 161 Å². The van der Waals surface area contributed by atoms with E-state index in [0.29, 0.717) is 31.0 Å². The molecule has 1 aromatic heterocycles. The summed E-state index contributed by atoms with van der Waals surface area (Å²) in [7, 11) is 0. The highest BCUT2D eigenvalue weighted by molar-refractivity contribution is 5.93. The zero-order valence-corrected chi connectivity index (χ0v) is 15.9. The van der Waals surface area contributed by atoms with Crippen molar-refractivity contribution in [3.8, 4) is 11.4 Å². The van der Waals surface area contributed by atoms with Gasteiger partial charge < -0.3 is 15.4 Å². The molecule has 0 aliphatic carbocycles. The highest BCUT2D eigenvalue weighted by Crippen LogP contribution is 2.29. The number of carbonyl (C=O) groups excluding carboxylic acids is 1. The SMILES string of the molecule is Cc1c(C(=O)N2CCC(C)(CN)C2)nnn1-c1ccc(OC(F)F)cc1.Cl. The zero-order valence-electron chi connectivity index (χ0n) is 15.1. The van der Waals surface area contributed by atoms with Gasteiger partial charge in [-0.05, 0) is 49.6 Å². The number of ether oxygens (including phenoxy) is 1. The quantitative estimate of drug-likeness (QED) is 0.831. The molecule has 0 saturated carbocycles. The molecule has 2 heterocycles. The van der Waals surface area contributed by atoms with Gasteiger partial charge in [-0.15, -0.1) is 17.5 Å². The average molecular weight is 402 g/mol. The molecule has 3 rings (SSSR count). The number of likely N-dealkylation sites (tertiary alicyclic amines) is 1. The van der Waals surface area contributed by atoms with Gasteiger partial charge in [0.2, 0.25) is 0 Å². The maximum absolute atomic E-state index is 12.8. The van der Waals surface area contributed by atoms with E-state index in [1.165, 1.54) is 16.8 Å². The number of nitrogens with two attached hydrogens (primary N) is 1. The zero-order chi connectivity index (χ0) is 18.9. The lowest BCUT2D eigenvalue weighted by molar-refractivity contribution is -0.0498. The lowest BCUT2D eigenvalue weighted by atomic mass is 9.90. The van der Waals surface area contributed by atoms with E-state index in [1.807, 2.05) is 0 Å². The fourth-order valence-corrected chi connectivity index (χ4v) is 3.05. The summed E-state index contributed by atoms with van der Waals surface area (Å²) in [5.41, 5.74) is 7.18. The molecule has 27 heavy (non-hydrogen) atoms. The van der Waals surface area contributed by atoms with E-state index in [0.717, 1.165) is 6.42 Å². The van der Waals surface area contributed by atoms with Crippen molar-refractivity contribution in [3.63, 3.8) is 0 Å². The third kappa shape index (κ3) is 4.36. The number of hydrogen-bond donors (Lipinski definition) is 1. The van der Waals surface area contributed by atoms with Gasteiger partial charge >= 0.3 is 6.61 Å². The summed E-state index contributed by atoms with van der Waals surface area (Å²) in [6.07, 6.45) is 0.855. The van der Waals surface area contributed by atoms with Crippen molar-refractivity contribution < 1.29 is 18.3 Å². The molecule has 1 fully saturated rings. The van der Waals surface area contributed by atoms with Crippen LogP contribution in [0.1, 0.15) is 29.5 Å². The highest BCUT2D eigenvalue weighted by atomic mass is 35.5. The summed E-state index contributed by atoms with van der Waals surface area (Å²) < 4.78 is 30.3. The molecule has 1 saturated heterocycles. The number of rotatable bonds is 5. The van der Waals surface area contributed by atoms with Crippen LogP contribution in [-0.2, 0) is 0 Å². The van der Waals surface area contributed by atoms with Gasteiger partial charge in [0.15, 0.2) is 5.69 Å². The number of nitrogens with zero attached hydrogens (tertiary/aromatic N) is 4. The van der Waals surface area contributed by atoms with Crippen LogP contribution in [0.3, 0.4) is 0 Å². The first-order valence-electron chi connectivity index (χ1n) is 8.30. The third-order valence-electron chi connectivity index (χ3n) is 4.74. The van der Waals surface area contributed by atoms with Crippen LogP contribution < -0.4 is 10.5 Å². The minimum Gasteiger partial charge on any atom is -0.435 e. The number of benzene rings is 1. The Bertz CT molecular complexity index is 799. The molecule has 0 bridgehead atoms. The molecule has 1 aliphatic heterocycles. The van der Waals surface area contributed by atoms with Gasteiger partial charge in [0.25, 0.3) is 5.91 Å². The van der Waals surface area contributed by atoms with Gasteiger partial charge in [-0.25, -0.2) is 4.68 Å². The van der Waals surface area contributed by atoms with Crippen LogP contribution in [-0.4, -0.2) is 52.0 Å². The lowest BCUT2D eigenvalue weighted by Crippen LogP contribution is -2.35. The maximum Gasteiger partial charge on any atom is 0.387 e. The molecule has 148 valence electrons. The van der Waals surface area contributed by atoms with Crippen LogP contribution in [0.4, 0.5) is 8.78 Å². The molecule has 7 nitrogen and oxygen atoms in total. The first kappa shape index (κ1) is 21.0. The Morgan fingerprint density at radius 3 is 2.59 bits per heavy atom. The molecule has 1 unspecified atom stereocenters. The van der Waals surface area contributed by atoms with Crippen molar-refractivity contribution in [2.45, 2.75) is 26.9 Å². The first-order chi connectivity index (χ1) is 12.3. The Morgan fingerprint density at radius 2 is 2.04 bits per heavy atom. The van der Waals surface area contributed by atoms with E-state index in [2.05, 4.69) is 22.0 Å². The molecule has 1 amide bonds. The summed E-state index contributed by atoms with van der Waals surface area (Å²) in [6.45, 7) is 2.68. The fraction of sp³-hybridized carbons (Fsp3) is 0.471. The molecule has 10 heteroatoms. The van der Waals surface area contributed by atoms with Gasteiger partial charge in [-0.1, -0.05) is 12.1 Å². The number of amides is 1. The largest absolute Gasteiger partial charge is 0.435 e. The second-order valence-corrected chi connectivity index (χ2v) is 6.80. The second-order valence-electron chi connectivity index (χ2n) is 6.80. The van der Waals surface area contributed by atoms with Crippen molar-refractivity contribution in [1.29, 1.82) is 0 Å². The summed E-state index contributed by atoms with van der Waals surface area (Å²) in [4.78, 5) is 14.5. The topological polar surface area (TPSA) is 86.3 Å². The van der Waals surface area contributed by atoms with E-state index in [4.69, 9.17) is 5.73 Å². The normalized spacial score (nSPS) is 19.3. The summed E-state index contributed by atoms with van der Waals surface area (Å²) in [5.74, 6) is -0.125. The highest BCUT2D eigenvalue weighted by Gasteiger charge is 2.36. The second kappa shape index (κ2) is 8.18. The number of alkyl halides is 2. The molecule has 0 radical (unpaired) electrons. The number of aromatic nitrogens is 3. The maximum atomic E-state index is 12.8. The standard InChI is InChI=1S/C17H21F2N5O2.ClH/c1-11-14(15(25)23-8-7-17(2,9-20)10-23)21-22-24(11)12-3-5-13(6-4-12)26-16(18)19;/h3-6,16H,7-10,20H2,1-2H3;1H. The number of hydrogen-bond acceptors (Lipinski definition) is 5. The Balaban J connectivity index is 0.00000261. The molecule has 2 aromatic rings. The third-order valence-corrected chi connectivity index (χ3v) is 4.74. The van der Waals surface area contributed by atoms with Crippen LogP contribution in [0.2, 0.25) is 0 Å². The van der Waals surface area contributed by atoms with Crippen molar-refractivity contribution >= 4 is 18.3 Å². The van der Waals surface area contributed by atoms with Gasteiger partial charge in [-0.2, -0.15) is 8.78 Å². The minimum atomic E-state index is -2.88. The summed E-state index contributed by atoms with van der Waals surface area (Å²) in [6, 6.07) is 5.98. The minimum absolute atomic E-state index is 0. The Hall–Kier alpha value is -2.26. The predicted octanol–water partition coefficient (Wildman–Crippen LogP) is 2.41. The van der Waals surface area contributed by atoms with Gasteiger partial charge in [0.1, 0.15) is 5.75 Å². The smallest absolute Gasteiger partial charge is 0.387 e. The molecular formula is C17H22ClF2N5O2. The van der Waals surface area contributed by atoms with Crippen LogP contribution >= 0.6 is 12.4 Å². The van der Waals surface area contributed by atoms with E-state index in [9.17, 15) is 13.6 Å². The number of halogens is 3. The van der Waals surface area contributed by atoms with Gasteiger partial charge in [-0.3, -0.25) is 4.79 Å². The van der Waals surface area contributed by atoms with E-state index >= 15 is 0 Å². The number of carbonyl (C=O) groups is 1. The van der Waals surface area contributed by atoms with Crippen LogP contribution in [0.15, 0.2) is 24.3 Å².